The van der Waals surface area contributed by atoms with Crippen LogP contribution in [0, 0.1) is 19.8 Å². The van der Waals surface area contributed by atoms with Crippen LogP contribution in [0.25, 0.3) is 0 Å². The van der Waals surface area contributed by atoms with Crippen molar-refractivity contribution in [3.05, 3.63) is 23.4 Å². The molecule has 1 aliphatic rings. The number of aliphatic hydroxyl groups excluding tert-OH is 1. The summed E-state index contributed by atoms with van der Waals surface area (Å²) in [5.74, 6) is 0.837. The number of nitrogens with zero attached hydrogens (tertiary/aromatic N) is 2. The normalized spacial score (nSPS) is 22.0. The van der Waals surface area contributed by atoms with E-state index < -0.39 is 5.60 Å². The second-order valence-electron chi connectivity index (χ2n) is 8.12. The van der Waals surface area contributed by atoms with Crippen molar-refractivity contribution in [2.75, 3.05) is 18.5 Å². The van der Waals surface area contributed by atoms with Gasteiger partial charge in [0.15, 0.2) is 0 Å². The second kappa shape index (κ2) is 7.60. The second-order valence-corrected chi connectivity index (χ2v) is 8.12. The number of aliphatic hydroxyl groups is 1. The van der Waals surface area contributed by atoms with E-state index in [0.717, 1.165) is 23.4 Å². The van der Waals surface area contributed by atoms with Gasteiger partial charge in [0, 0.05) is 31.4 Å². The van der Waals surface area contributed by atoms with Crippen LogP contribution in [0.5, 0.6) is 0 Å². The Kier molecular flexibility index (Phi) is 5.93. The van der Waals surface area contributed by atoms with Crippen molar-refractivity contribution < 1.29 is 14.6 Å². The van der Waals surface area contributed by atoms with Crippen molar-refractivity contribution in [2.24, 2.45) is 5.92 Å². The van der Waals surface area contributed by atoms with Crippen LogP contribution in [0.2, 0.25) is 0 Å². The maximum atomic E-state index is 12.6. The summed E-state index contributed by atoms with van der Waals surface area (Å²) in [4.78, 5) is 18.8. The Labute approximate surface area is 150 Å². The van der Waals surface area contributed by atoms with Crippen LogP contribution in [-0.4, -0.2) is 51.9 Å². The number of aromatic nitrogens is 1. The van der Waals surface area contributed by atoms with E-state index in [0.29, 0.717) is 6.54 Å². The SMILES string of the molecule is Cc1cnc(N[C@H]2C[C@@H](C(C)CO)N(C(=O)OC(C)(C)C)C2)c(C)c1. The topological polar surface area (TPSA) is 74.7 Å². The molecule has 1 saturated heterocycles. The molecule has 25 heavy (non-hydrogen) atoms. The lowest BCUT2D eigenvalue weighted by Crippen LogP contribution is -2.43. The molecule has 0 spiro atoms. The monoisotopic (exact) mass is 349 g/mol. The largest absolute Gasteiger partial charge is 0.444 e. The number of hydrogen-bond acceptors (Lipinski definition) is 5. The first-order valence-electron chi connectivity index (χ1n) is 8.91. The van der Waals surface area contributed by atoms with Crippen LogP contribution < -0.4 is 5.32 Å². The number of anilines is 1. The molecule has 2 N–H and O–H groups in total. The van der Waals surface area contributed by atoms with Gasteiger partial charge in [0.2, 0.25) is 0 Å². The Bertz CT molecular complexity index is 612. The summed E-state index contributed by atoms with van der Waals surface area (Å²) < 4.78 is 5.55. The highest BCUT2D eigenvalue weighted by atomic mass is 16.6. The molecule has 6 heteroatoms. The minimum Gasteiger partial charge on any atom is -0.444 e. The van der Waals surface area contributed by atoms with Crippen LogP contribution >= 0.6 is 0 Å². The van der Waals surface area contributed by atoms with Crippen LogP contribution in [0.3, 0.4) is 0 Å². The molecule has 1 amide bonds. The number of pyridine rings is 1. The number of nitrogens with one attached hydrogen (secondary N) is 1. The Morgan fingerprint density at radius 3 is 2.72 bits per heavy atom. The molecule has 2 heterocycles. The van der Waals surface area contributed by atoms with Gasteiger partial charge >= 0.3 is 6.09 Å². The number of likely N-dealkylation sites (tertiary alicyclic amines) is 1. The molecular weight excluding hydrogens is 318 g/mol. The van der Waals surface area contributed by atoms with Gasteiger partial charge in [0.1, 0.15) is 11.4 Å². The lowest BCUT2D eigenvalue weighted by Gasteiger charge is -2.30. The standard InChI is InChI=1S/C19H31N3O3/c1-12-7-13(2)17(20-9-12)21-15-8-16(14(3)11-23)22(10-15)18(24)25-19(4,5)6/h7,9,14-16,23H,8,10-11H2,1-6H3,(H,20,21)/t14?,15-,16-/m0/s1. The van der Waals surface area contributed by atoms with E-state index in [1.807, 2.05) is 47.7 Å². The van der Waals surface area contributed by atoms with Crippen molar-refractivity contribution in [3.63, 3.8) is 0 Å². The van der Waals surface area contributed by atoms with Crippen molar-refractivity contribution in [1.82, 2.24) is 9.88 Å². The number of carbonyl (C=O) groups excluding carboxylic acids is 1. The summed E-state index contributed by atoms with van der Waals surface area (Å²) in [5.41, 5.74) is 1.67. The predicted octanol–water partition coefficient (Wildman–Crippen LogP) is 3.12. The molecule has 1 aliphatic heterocycles. The van der Waals surface area contributed by atoms with Crippen molar-refractivity contribution in [2.45, 2.75) is 65.6 Å². The Morgan fingerprint density at radius 2 is 2.16 bits per heavy atom. The molecule has 0 radical (unpaired) electrons. The van der Waals surface area contributed by atoms with Gasteiger partial charge in [0.25, 0.3) is 0 Å². The minimum atomic E-state index is -0.537. The average molecular weight is 349 g/mol. The molecule has 3 atom stereocenters. The molecule has 1 aromatic heterocycles. The van der Waals surface area contributed by atoms with Gasteiger partial charge in [-0.25, -0.2) is 9.78 Å². The van der Waals surface area contributed by atoms with Gasteiger partial charge in [-0.2, -0.15) is 0 Å². The Balaban J connectivity index is 2.13. The number of aryl methyl sites for hydroxylation is 2. The van der Waals surface area contributed by atoms with E-state index >= 15 is 0 Å². The quantitative estimate of drug-likeness (QED) is 0.873. The summed E-state index contributed by atoms with van der Waals surface area (Å²) in [6.45, 7) is 12.2. The lowest BCUT2D eigenvalue weighted by molar-refractivity contribution is 0.0155. The zero-order chi connectivity index (χ0) is 18.8. The van der Waals surface area contributed by atoms with Crippen LogP contribution in [0.1, 0.15) is 45.2 Å². The molecule has 0 saturated carbocycles. The minimum absolute atomic E-state index is 0.00797. The summed E-state index contributed by atoms with van der Waals surface area (Å²) in [7, 11) is 0. The fourth-order valence-corrected chi connectivity index (χ4v) is 3.22. The third-order valence-corrected chi connectivity index (χ3v) is 4.47. The zero-order valence-electron chi connectivity index (χ0n) is 16.2. The third-order valence-electron chi connectivity index (χ3n) is 4.47. The highest BCUT2D eigenvalue weighted by molar-refractivity contribution is 5.69. The van der Waals surface area contributed by atoms with E-state index in [2.05, 4.69) is 16.4 Å². The highest BCUT2D eigenvalue weighted by Crippen LogP contribution is 2.28. The number of hydrogen-bond donors (Lipinski definition) is 2. The van der Waals surface area contributed by atoms with Gasteiger partial charge in [0.05, 0.1) is 0 Å². The molecular formula is C19H31N3O3. The number of rotatable bonds is 4. The summed E-state index contributed by atoms with van der Waals surface area (Å²) in [5, 5.41) is 13.0. The van der Waals surface area contributed by atoms with E-state index in [1.165, 1.54) is 0 Å². The van der Waals surface area contributed by atoms with Crippen molar-refractivity contribution >= 4 is 11.9 Å². The predicted molar refractivity (Wildman–Crippen MR) is 98.7 cm³/mol. The van der Waals surface area contributed by atoms with Crippen LogP contribution in [-0.2, 0) is 4.74 Å². The fourth-order valence-electron chi connectivity index (χ4n) is 3.22. The number of ether oxygens (including phenoxy) is 1. The molecule has 0 aliphatic carbocycles. The summed E-state index contributed by atoms with van der Waals surface area (Å²) in [6.07, 6.45) is 2.27. The van der Waals surface area contributed by atoms with Crippen molar-refractivity contribution in [3.8, 4) is 0 Å². The van der Waals surface area contributed by atoms with E-state index in [1.54, 1.807) is 4.90 Å². The molecule has 0 aromatic carbocycles. The fraction of sp³-hybridized carbons (Fsp3) is 0.684. The zero-order valence-corrected chi connectivity index (χ0v) is 16.2. The molecule has 2 rings (SSSR count). The van der Waals surface area contributed by atoms with Crippen LogP contribution in [0.4, 0.5) is 10.6 Å². The molecule has 1 fully saturated rings. The summed E-state index contributed by atoms with van der Waals surface area (Å²) in [6, 6.07) is 2.12. The maximum absolute atomic E-state index is 12.6. The smallest absolute Gasteiger partial charge is 0.410 e. The molecule has 1 unspecified atom stereocenters. The van der Waals surface area contributed by atoms with E-state index in [9.17, 15) is 9.90 Å². The van der Waals surface area contributed by atoms with Gasteiger partial charge in [-0.1, -0.05) is 13.0 Å². The molecule has 6 nitrogen and oxygen atoms in total. The van der Waals surface area contributed by atoms with Crippen LogP contribution in [0.15, 0.2) is 12.3 Å². The maximum Gasteiger partial charge on any atom is 0.410 e. The number of carbonyl (C=O) groups is 1. The first-order valence-corrected chi connectivity index (χ1v) is 8.91. The first kappa shape index (κ1) is 19.5. The highest BCUT2D eigenvalue weighted by Gasteiger charge is 2.40. The van der Waals surface area contributed by atoms with E-state index in [4.69, 9.17) is 4.74 Å². The Morgan fingerprint density at radius 1 is 1.48 bits per heavy atom. The molecule has 1 aromatic rings. The summed E-state index contributed by atoms with van der Waals surface area (Å²) >= 11 is 0. The van der Waals surface area contributed by atoms with Crippen molar-refractivity contribution in [1.29, 1.82) is 0 Å². The average Bonchev–Trinajstić information content (AvgIpc) is 2.92. The first-order chi connectivity index (χ1) is 11.6. The van der Waals surface area contributed by atoms with E-state index in [-0.39, 0.29) is 30.7 Å². The van der Waals surface area contributed by atoms with Gasteiger partial charge in [-0.05, 0) is 58.1 Å². The van der Waals surface area contributed by atoms with Gasteiger partial charge < -0.3 is 20.1 Å². The Hall–Kier alpha value is -1.82. The molecule has 140 valence electrons. The van der Waals surface area contributed by atoms with Gasteiger partial charge in [-0.3, -0.25) is 0 Å². The van der Waals surface area contributed by atoms with Gasteiger partial charge in [-0.15, -0.1) is 0 Å². The number of amides is 1. The molecule has 0 bridgehead atoms. The third kappa shape index (κ3) is 5.08. The lowest BCUT2D eigenvalue weighted by atomic mass is 9.99.